The Labute approximate surface area is 182 Å². The number of nitrogens with zero attached hydrogens (tertiary/aromatic N) is 2. The molecule has 0 atom stereocenters. The third-order valence-electron chi connectivity index (χ3n) is 5.38. The normalized spacial score (nSPS) is 11.2. The van der Waals surface area contributed by atoms with Crippen molar-refractivity contribution in [2.24, 2.45) is 0 Å². The molecular weight excluding hydrogens is 408 g/mol. The lowest BCUT2D eigenvalue weighted by Gasteiger charge is -2.23. The quantitative estimate of drug-likeness (QED) is 0.356. The van der Waals surface area contributed by atoms with Gasteiger partial charge in [0, 0.05) is 15.6 Å². The molecule has 5 nitrogen and oxygen atoms in total. The van der Waals surface area contributed by atoms with Gasteiger partial charge in [-0.05, 0) is 47.8 Å². The summed E-state index contributed by atoms with van der Waals surface area (Å²) >= 11 is 1.62. The van der Waals surface area contributed by atoms with Crippen molar-refractivity contribution in [1.29, 1.82) is 0 Å². The summed E-state index contributed by atoms with van der Waals surface area (Å²) < 4.78 is 7.44. The first-order chi connectivity index (χ1) is 15.2. The predicted molar refractivity (Wildman–Crippen MR) is 123 cm³/mol. The van der Waals surface area contributed by atoms with Gasteiger partial charge < -0.3 is 13.9 Å². The second-order valence-electron chi connectivity index (χ2n) is 7.36. The van der Waals surface area contributed by atoms with Crippen LogP contribution in [0.3, 0.4) is 0 Å². The van der Waals surface area contributed by atoms with Gasteiger partial charge in [0.15, 0.2) is 5.43 Å². The van der Waals surface area contributed by atoms with Crippen LogP contribution in [0.5, 0.6) is 0 Å². The molecule has 0 aliphatic carbocycles. The van der Waals surface area contributed by atoms with Crippen LogP contribution >= 0.6 is 11.3 Å². The molecule has 0 saturated carbocycles. The number of hydrogen-bond acceptors (Lipinski definition) is 4. The van der Waals surface area contributed by atoms with E-state index < -0.39 is 0 Å². The molecular formula is C25H20N2O3S. The smallest absolute Gasteiger partial charge is 0.243 e. The van der Waals surface area contributed by atoms with E-state index in [0.29, 0.717) is 23.9 Å². The van der Waals surface area contributed by atoms with E-state index in [9.17, 15) is 9.59 Å². The molecule has 0 spiro atoms. The van der Waals surface area contributed by atoms with Crippen molar-refractivity contribution >= 4 is 39.0 Å². The van der Waals surface area contributed by atoms with Crippen LogP contribution < -0.4 is 5.43 Å². The number of furan rings is 1. The minimum atomic E-state index is -0.0382. The zero-order chi connectivity index (χ0) is 21.2. The van der Waals surface area contributed by atoms with Gasteiger partial charge in [0.25, 0.3) is 0 Å². The number of carbonyl (C=O) groups is 1. The molecule has 6 heteroatoms. The van der Waals surface area contributed by atoms with E-state index >= 15 is 0 Å². The molecule has 0 aliphatic heterocycles. The highest BCUT2D eigenvalue weighted by Gasteiger charge is 2.19. The van der Waals surface area contributed by atoms with Gasteiger partial charge in [0.05, 0.1) is 30.4 Å². The molecule has 5 aromatic rings. The molecule has 0 saturated heterocycles. The number of amides is 1. The molecule has 0 unspecified atom stereocenters. The Morgan fingerprint density at radius 1 is 0.871 bits per heavy atom. The first kappa shape index (κ1) is 19.3. The highest BCUT2D eigenvalue weighted by Crippen LogP contribution is 2.21. The van der Waals surface area contributed by atoms with Gasteiger partial charge in [0.2, 0.25) is 5.91 Å². The maximum Gasteiger partial charge on any atom is 0.243 e. The number of carbonyl (C=O) groups excluding carboxylic acids is 1. The number of pyridine rings is 1. The number of fused-ring (bicyclic) bond motifs is 2. The van der Waals surface area contributed by atoms with Crippen molar-refractivity contribution in [2.75, 3.05) is 0 Å². The predicted octanol–water partition coefficient (Wildman–Crippen LogP) is 5.04. The number of benzene rings is 2. The molecule has 2 aromatic carbocycles. The van der Waals surface area contributed by atoms with Crippen molar-refractivity contribution < 1.29 is 9.21 Å². The average Bonchev–Trinajstić information content (AvgIpc) is 3.50. The lowest BCUT2D eigenvalue weighted by atomic mass is 10.1. The van der Waals surface area contributed by atoms with Gasteiger partial charge in [-0.1, -0.05) is 30.3 Å². The molecule has 5 rings (SSSR count). The molecule has 0 aliphatic rings. The van der Waals surface area contributed by atoms with E-state index in [4.69, 9.17) is 4.42 Å². The fraction of sp³-hybridized carbons (Fsp3) is 0.120. The van der Waals surface area contributed by atoms with Crippen molar-refractivity contribution in [3.05, 3.63) is 105 Å². The second kappa shape index (κ2) is 8.24. The summed E-state index contributed by atoms with van der Waals surface area (Å²) in [4.78, 5) is 29.4. The van der Waals surface area contributed by atoms with Crippen LogP contribution in [-0.2, 0) is 24.4 Å². The van der Waals surface area contributed by atoms with Crippen LogP contribution in [0.25, 0.3) is 21.8 Å². The summed E-state index contributed by atoms with van der Waals surface area (Å²) in [5.41, 5.74) is 1.50. The van der Waals surface area contributed by atoms with Crippen molar-refractivity contribution in [1.82, 2.24) is 9.47 Å². The van der Waals surface area contributed by atoms with Crippen LogP contribution in [0.15, 0.2) is 93.7 Å². The minimum Gasteiger partial charge on any atom is -0.467 e. The monoisotopic (exact) mass is 428 g/mol. The molecule has 0 radical (unpaired) electrons. The molecule has 3 aromatic heterocycles. The van der Waals surface area contributed by atoms with Crippen molar-refractivity contribution in [3.8, 4) is 0 Å². The van der Waals surface area contributed by atoms with E-state index in [0.717, 1.165) is 21.7 Å². The Balaban J connectivity index is 1.57. The minimum absolute atomic E-state index is 0.0130. The Kier molecular flexibility index (Phi) is 5.14. The van der Waals surface area contributed by atoms with Gasteiger partial charge in [-0.15, -0.1) is 11.3 Å². The van der Waals surface area contributed by atoms with E-state index in [2.05, 4.69) is 0 Å². The van der Waals surface area contributed by atoms with Gasteiger partial charge in [-0.3, -0.25) is 9.59 Å². The van der Waals surface area contributed by atoms with Crippen LogP contribution in [0.4, 0.5) is 0 Å². The molecule has 154 valence electrons. The van der Waals surface area contributed by atoms with E-state index in [1.165, 1.54) is 0 Å². The zero-order valence-corrected chi connectivity index (χ0v) is 17.5. The SMILES string of the molecule is O=C(Cn1c2ccccc2c(=O)c2ccccc21)N(Cc1ccco1)Cc1cccs1. The first-order valence-corrected chi connectivity index (χ1v) is 10.9. The van der Waals surface area contributed by atoms with Crippen molar-refractivity contribution in [3.63, 3.8) is 0 Å². The Hall–Kier alpha value is -3.64. The number of rotatable bonds is 6. The fourth-order valence-electron chi connectivity index (χ4n) is 3.90. The first-order valence-electron chi connectivity index (χ1n) is 10.0. The molecule has 0 bridgehead atoms. The Bertz CT molecular complexity index is 1310. The summed E-state index contributed by atoms with van der Waals surface area (Å²) in [6.45, 7) is 1.03. The van der Waals surface area contributed by atoms with Crippen LogP contribution in [0.1, 0.15) is 10.6 Å². The number of thiophene rings is 1. The summed E-state index contributed by atoms with van der Waals surface area (Å²) in [5.74, 6) is 0.697. The second-order valence-corrected chi connectivity index (χ2v) is 8.39. The Morgan fingerprint density at radius 2 is 1.58 bits per heavy atom. The maximum atomic E-state index is 13.5. The average molecular weight is 429 g/mol. The third-order valence-corrected chi connectivity index (χ3v) is 6.24. The van der Waals surface area contributed by atoms with Gasteiger partial charge >= 0.3 is 0 Å². The van der Waals surface area contributed by atoms with Crippen LogP contribution in [-0.4, -0.2) is 15.4 Å². The maximum absolute atomic E-state index is 13.5. The lowest BCUT2D eigenvalue weighted by molar-refractivity contribution is -0.133. The van der Waals surface area contributed by atoms with E-state index in [-0.39, 0.29) is 17.9 Å². The van der Waals surface area contributed by atoms with Gasteiger partial charge in [-0.25, -0.2) is 0 Å². The van der Waals surface area contributed by atoms with Gasteiger partial charge in [-0.2, -0.15) is 0 Å². The van der Waals surface area contributed by atoms with E-state index in [1.807, 2.05) is 82.7 Å². The van der Waals surface area contributed by atoms with Crippen LogP contribution in [0, 0.1) is 0 Å². The topological polar surface area (TPSA) is 55.5 Å². The summed E-state index contributed by atoms with van der Waals surface area (Å²) in [5, 5.41) is 3.24. The molecule has 0 fully saturated rings. The van der Waals surface area contributed by atoms with Crippen molar-refractivity contribution in [2.45, 2.75) is 19.6 Å². The van der Waals surface area contributed by atoms with Gasteiger partial charge in [0.1, 0.15) is 12.3 Å². The summed E-state index contributed by atoms with van der Waals surface area (Å²) in [6, 6.07) is 22.6. The highest BCUT2D eigenvalue weighted by molar-refractivity contribution is 7.09. The number of aromatic nitrogens is 1. The summed E-state index contributed by atoms with van der Waals surface area (Å²) in [6.07, 6.45) is 1.62. The molecule has 3 heterocycles. The number of para-hydroxylation sites is 2. The standard InChI is InChI=1S/C25H20N2O3S/c28-24(26(15-18-7-5-13-30-18)16-19-8-6-14-31-19)17-27-22-11-3-1-9-20(22)25(29)21-10-2-4-12-23(21)27/h1-14H,15-17H2. The zero-order valence-electron chi connectivity index (χ0n) is 16.7. The molecule has 31 heavy (non-hydrogen) atoms. The van der Waals surface area contributed by atoms with Crippen LogP contribution in [0.2, 0.25) is 0 Å². The Morgan fingerprint density at radius 3 is 2.19 bits per heavy atom. The largest absolute Gasteiger partial charge is 0.467 e. The highest BCUT2D eigenvalue weighted by atomic mass is 32.1. The molecule has 0 N–H and O–H groups in total. The number of hydrogen-bond donors (Lipinski definition) is 0. The molecule has 1 amide bonds. The lowest BCUT2D eigenvalue weighted by Crippen LogP contribution is -2.33. The van der Waals surface area contributed by atoms with E-state index in [1.54, 1.807) is 22.5 Å². The fourth-order valence-corrected chi connectivity index (χ4v) is 4.62. The third kappa shape index (κ3) is 3.78. The summed E-state index contributed by atoms with van der Waals surface area (Å²) in [7, 11) is 0.